The van der Waals surface area contributed by atoms with Gasteiger partial charge in [0.2, 0.25) is 0 Å². The third-order valence-electron chi connectivity index (χ3n) is 5.57. The third kappa shape index (κ3) is 5.96. The summed E-state index contributed by atoms with van der Waals surface area (Å²) in [4.78, 5) is 0. The van der Waals surface area contributed by atoms with Crippen LogP contribution >= 0.6 is 7.26 Å². The van der Waals surface area contributed by atoms with Gasteiger partial charge in [-0.1, -0.05) is 0 Å². The van der Waals surface area contributed by atoms with Crippen LogP contribution in [0.5, 0.6) is 0 Å². The molecule has 0 aliphatic carbocycles. The monoisotopic (exact) mass is 356 g/mol. The van der Waals surface area contributed by atoms with Crippen molar-refractivity contribution in [2.45, 2.75) is 65.2 Å². The van der Waals surface area contributed by atoms with Gasteiger partial charge in [-0.2, -0.15) is 0 Å². The summed E-state index contributed by atoms with van der Waals surface area (Å²) in [6.45, 7) is 4.62. The fourth-order valence-electron chi connectivity index (χ4n) is 4.09. The minimum atomic E-state index is -1.65. The van der Waals surface area contributed by atoms with Gasteiger partial charge in [-0.25, -0.2) is 0 Å². The predicted molar refractivity (Wildman–Crippen MR) is 118 cm³/mol. The van der Waals surface area contributed by atoms with Crippen molar-refractivity contribution in [2.24, 2.45) is 0 Å². The van der Waals surface area contributed by atoms with E-state index in [9.17, 15) is 0 Å². The van der Waals surface area contributed by atoms with Crippen molar-refractivity contribution >= 4 is 17.9 Å². The first kappa shape index (κ1) is 20.2. The van der Waals surface area contributed by atoms with Crippen molar-refractivity contribution in [1.82, 2.24) is 0 Å². The fourth-order valence-corrected chi connectivity index (χ4v) is 9.20. The molecule has 0 bridgehead atoms. The summed E-state index contributed by atoms with van der Waals surface area (Å²) < 4.78 is 0. The van der Waals surface area contributed by atoms with Gasteiger partial charge in [0.15, 0.2) is 0 Å². The van der Waals surface area contributed by atoms with Gasteiger partial charge in [0.25, 0.3) is 0 Å². The van der Waals surface area contributed by atoms with Gasteiger partial charge in [0.05, 0.1) is 0 Å². The molecule has 2 rings (SSSR count). The van der Waals surface area contributed by atoms with Gasteiger partial charge in [0.1, 0.15) is 0 Å². The molecule has 25 heavy (non-hydrogen) atoms. The molecular formula is C24H37P. The second-order valence-corrected chi connectivity index (χ2v) is 11.8. The Morgan fingerprint density at radius 1 is 0.520 bits per heavy atom. The van der Waals surface area contributed by atoms with Gasteiger partial charge in [0, 0.05) is 0 Å². The second kappa shape index (κ2) is 11.5. The zero-order valence-electron chi connectivity index (χ0n) is 16.3. The maximum atomic E-state index is 2.42. The summed E-state index contributed by atoms with van der Waals surface area (Å²) in [5.41, 5.74) is 0. The van der Waals surface area contributed by atoms with Crippen LogP contribution in [0.3, 0.4) is 0 Å². The molecule has 0 radical (unpaired) electrons. The third-order valence-corrected chi connectivity index (χ3v) is 10.9. The van der Waals surface area contributed by atoms with Crippen molar-refractivity contribution < 1.29 is 0 Å². The van der Waals surface area contributed by atoms with Crippen LogP contribution in [0.4, 0.5) is 0 Å². The zero-order chi connectivity index (χ0) is 17.8. The number of unbranched alkanes of at least 4 members (excludes halogenated alkanes) is 6. The Kier molecular flexibility index (Phi) is 9.27. The Hall–Kier alpha value is -1.13. The molecule has 0 unspecified atom stereocenters. The van der Waals surface area contributed by atoms with Gasteiger partial charge in [-0.15, -0.1) is 0 Å². The Labute approximate surface area is 156 Å². The van der Waals surface area contributed by atoms with Gasteiger partial charge in [-0.05, 0) is 0 Å². The van der Waals surface area contributed by atoms with Crippen LogP contribution in [0.25, 0.3) is 0 Å². The molecule has 0 nitrogen and oxygen atoms in total. The molecule has 0 N–H and O–H groups in total. The van der Waals surface area contributed by atoms with Gasteiger partial charge >= 0.3 is 156 Å². The molecule has 0 spiro atoms. The Bertz CT molecular complexity index is 508. The van der Waals surface area contributed by atoms with Crippen molar-refractivity contribution in [3.8, 4) is 0 Å². The van der Waals surface area contributed by atoms with E-state index in [1.165, 1.54) is 63.7 Å². The zero-order valence-corrected chi connectivity index (χ0v) is 17.3. The molecule has 0 fully saturated rings. The normalized spacial score (nSPS) is 12.2. The van der Waals surface area contributed by atoms with Gasteiger partial charge in [-0.3, -0.25) is 0 Å². The van der Waals surface area contributed by atoms with E-state index in [0.29, 0.717) is 0 Å². The second-order valence-electron chi connectivity index (χ2n) is 7.44. The molecule has 0 saturated carbocycles. The van der Waals surface area contributed by atoms with E-state index in [2.05, 4.69) is 74.5 Å². The molecule has 0 heterocycles. The molecular weight excluding hydrogens is 319 g/mol. The van der Waals surface area contributed by atoms with Crippen LogP contribution < -0.4 is 10.6 Å². The molecule has 2 aromatic rings. The summed E-state index contributed by atoms with van der Waals surface area (Å²) in [6, 6.07) is 23.0. The molecule has 0 amide bonds. The van der Waals surface area contributed by atoms with Crippen molar-refractivity contribution in [3.05, 3.63) is 60.7 Å². The summed E-state index contributed by atoms with van der Waals surface area (Å²) in [6.07, 6.45) is 13.8. The molecule has 0 aliphatic rings. The molecule has 0 aliphatic heterocycles. The minimum absolute atomic E-state index is 1.32. The summed E-state index contributed by atoms with van der Waals surface area (Å²) in [5.74, 6) is 0. The van der Waals surface area contributed by atoms with Crippen LogP contribution in [0.15, 0.2) is 60.7 Å². The number of benzene rings is 2. The van der Waals surface area contributed by atoms with E-state index in [1.807, 2.05) is 0 Å². The molecule has 2 aromatic carbocycles. The van der Waals surface area contributed by atoms with Crippen molar-refractivity contribution in [2.75, 3.05) is 12.3 Å². The van der Waals surface area contributed by atoms with E-state index >= 15 is 0 Å². The Balaban J connectivity index is 2.30. The Morgan fingerprint density at radius 3 is 1.28 bits per heavy atom. The summed E-state index contributed by atoms with van der Waals surface area (Å²) >= 11 is 0. The van der Waals surface area contributed by atoms with Crippen molar-refractivity contribution in [1.29, 1.82) is 0 Å². The molecule has 0 aromatic heterocycles. The van der Waals surface area contributed by atoms with E-state index in [1.54, 1.807) is 10.6 Å². The van der Waals surface area contributed by atoms with Crippen LogP contribution in [-0.2, 0) is 0 Å². The van der Waals surface area contributed by atoms with E-state index in [4.69, 9.17) is 0 Å². The Morgan fingerprint density at radius 2 is 0.920 bits per heavy atom. The quantitative estimate of drug-likeness (QED) is 0.299. The van der Waals surface area contributed by atoms with Gasteiger partial charge < -0.3 is 0 Å². The topological polar surface area (TPSA) is 0 Å². The first-order chi connectivity index (χ1) is 12.3. The average molecular weight is 357 g/mol. The van der Waals surface area contributed by atoms with E-state index < -0.39 is 7.26 Å². The molecule has 138 valence electrons. The predicted octanol–water partition coefficient (Wildman–Crippen LogP) is 6.55. The van der Waals surface area contributed by atoms with Crippen LogP contribution in [0.2, 0.25) is 0 Å². The van der Waals surface area contributed by atoms with Crippen LogP contribution in [0.1, 0.15) is 65.2 Å². The number of hydrogen-bond acceptors (Lipinski definition) is 0. The molecule has 1 heteroatoms. The summed E-state index contributed by atoms with van der Waals surface area (Å²) in [5, 5.41) is 3.29. The van der Waals surface area contributed by atoms with Crippen LogP contribution in [0, 0.1) is 0 Å². The molecule has 0 atom stereocenters. The fraction of sp³-hybridized carbons (Fsp3) is 0.500. The molecule has 0 saturated heterocycles. The maximum absolute atomic E-state index is 2.42. The van der Waals surface area contributed by atoms with E-state index in [-0.39, 0.29) is 0 Å². The SMILES string of the molecule is CCCCCC[PH](CCCCCC)(c1ccccc1)c1ccccc1. The van der Waals surface area contributed by atoms with Crippen molar-refractivity contribution in [3.63, 3.8) is 0 Å². The first-order valence-corrected chi connectivity index (χ1v) is 12.9. The first-order valence-electron chi connectivity index (χ1n) is 10.4. The number of hydrogen-bond donors (Lipinski definition) is 0. The average Bonchev–Trinajstić information content (AvgIpc) is 2.68. The standard InChI is InChI=1S/C24H37P/c1-3-5-7-15-21-25(22-16-8-6-4-2,23-17-11-9-12-18-23)24-19-13-10-14-20-24/h9-14,17-20,25H,3-8,15-16,21-22H2,1-2H3. The van der Waals surface area contributed by atoms with Crippen LogP contribution in [-0.4, -0.2) is 12.3 Å². The van der Waals surface area contributed by atoms with E-state index in [0.717, 1.165) is 0 Å². The summed E-state index contributed by atoms with van der Waals surface area (Å²) in [7, 11) is -1.65. The number of rotatable bonds is 12.